The van der Waals surface area contributed by atoms with Crippen LogP contribution in [0.3, 0.4) is 0 Å². The van der Waals surface area contributed by atoms with Crippen LogP contribution in [0.15, 0.2) is 6.07 Å². The van der Waals surface area contributed by atoms with Gasteiger partial charge in [-0.1, -0.05) is 13.8 Å². The van der Waals surface area contributed by atoms with Crippen molar-refractivity contribution in [3.8, 4) is 0 Å². The molecule has 2 aromatic heterocycles. The third-order valence-electron chi connectivity index (χ3n) is 3.64. The van der Waals surface area contributed by atoms with Gasteiger partial charge in [-0.05, 0) is 56.8 Å². The molecule has 1 unspecified atom stereocenters. The molecule has 0 spiro atoms. The average Bonchev–Trinajstić information content (AvgIpc) is 2.77. The van der Waals surface area contributed by atoms with Gasteiger partial charge in [0.1, 0.15) is 11.3 Å². The van der Waals surface area contributed by atoms with Gasteiger partial charge in [-0.25, -0.2) is 4.98 Å². The van der Waals surface area contributed by atoms with E-state index >= 15 is 0 Å². The first-order valence-corrected chi connectivity index (χ1v) is 7.86. The SMILES string of the molecule is CCCN(c1cc(C)c2snc(C)c2n1)C(C)CC. The van der Waals surface area contributed by atoms with Gasteiger partial charge in [-0.2, -0.15) is 4.37 Å². The first kappa shape index (κ1) is 14.3. The minimum absolute atomic E-state index is 0.524. The zero-order chi connectivity index (χ0) is 14.0. The summed E-state index contributed by atoms with van der Waals surface area (Å²) in [6, 6.07) is 2.73. The molecule has 0 bridgehead atoms. The lowest BCUT2D eigenvalue weighted by Crippen LogP contribution is -2.34. The smallest absolute Gasteiger partial charge is 0.129 e. The Morgan fingerprint density at radius 2 is 2.05 bits per heavy atom. The molecule has 0 fully saturated rings. The molecule has 2 aromatic rings. The number of aryl methyl sites for hydroxylation is 2. The Morgan fingerprint density at radius 1 is 1.32 bits per heavy atom. The van der Waals surface area contributed by atoms with Crippen LogP contribution in [0, 0.1) is 13.8 Å². The lowest BCUT2D eigenvalue weighted by atomic mass is 10.2. The molecule has 0 N–H and O–H groups in total. The lowest BCUT2D eigenvalue weighted by Gasteiger charge is -2.29. The van der Waals surface area contributed by atoms with Gasteiger partial charge in [0.05, 0.1) is 10.4 Å². The number of hydrogen-bond donors (Lipinski definition) is 0. The molecule has 1 atom stereocenters. The quantitative estimate of drug-likeness (QED) is 0.815. The zero-order valence-corrected chi connectivity index (χ0v) is 13.3. The Morgan fingerprint density at radius 3 is 2.68 bits per heavy atom. The maximum Gasteiger partial charge on any atom is 0.129 e. The summed E-state index contributed by atoms with van der Waals surface area (Å²) in [4.78, 5) is 7.28. The first-order chi connectivity index (χ1) is 9.08. The van der Waals surface area contributed by atoms with Crippen molar-refractivity contribution in [3.63, 3.8) is 0 Å². The van der Waals surface area contributed by atoms with Crippen LogP contribution in [0.2, 0.25) is 0 Å². The maximum atomic E-state index is 4.86. The molecule has 104 valence electrons. The van der Waals surface area contributed by atoms with Crippen LogP contribution in [0.5, 0.6) is 0 Å². The zero-order valence-electron chi connectivity index (χ0n) is 12.5. The minimum Gasteiger partial charge on any atom is -0.354 e. The number of anilines is 1. The van der Waals surface area contributed by atoms with Gasteiger partial charge < -0.3 is 4.90 Å². The molecule has 2 heterocycles. The van der Waals surface area contributed by atoms with Crippen molar-refractivity contribution in [2.24, 2.45) is 0 Å². The van der Waals surface area contributed by atoms with Crippen LogP contribution >= 0.6 is 11.5 Å². The molecular weight excluding hydrogens is 254 g/mol. The van der Waals surface area contributed by atoms with Gasteiger partial charge in [0.15, 0.2) is 0 Å². The average molecular weight is 277 g/mol. The number of fused-ring (bicyclic) bond motifs is 1. The van der Waals surface area contributed by atoms with Crippen LogP contribution in [-0.2, 0) is 0 Å². The van der Waals surface area contributed by atoms with Crippen LogP contribution in [0.25, 0.3) is 10.2 Å². The largest absolute Gasteiger partial charge is 0.354 e. The van der Waals surface area contributed by atoms with Crippen LogP contribution < -0.4 is 4.90 Å². The Bertz CT molecular complexity index is 562. The molecular formula is C15H23N3S. The fourth-order valence-corrected chi connectivity index (χ4v) is 3.13. The summed E-state index contributed by atoms with van der Waals surface area (Å²) in [7, 11) is 0. The van der Waals surface area contributed by atoms with Gasteiger partial charge in [0, 0.05) is 12.6 Å². The Hall–Kier alpha value is -1.16. The van der Waals surface area contributed by atoms with Crippen molar-refractivity contribution in [1.82, 2.24) is 9.36 Å². The number of aromatic nitrogens is 2. The second kappa shape index (κ2) is 5.87. The molecule has 0 aromatic carbocycles. The summed E-state index contributed by atoms with van der Waals surface area (Å²) in [6.45, 7) is 12.0. The van der Waals surface area contributed by atoms with E-state index in [9.17, 15) is 0 Å². The second-order valence-corrected chi connectivity index (χ2v) is 5.97. The normalized spacial score (nSPS) is 12.9. The summed E-state index contributed by atoms with van der Waals surface area (Å²) in [5.41, 5.74) is 3.41. The number of nitrogens with zero attached hydrogens (tertiary/aromatic N) is 3. The molecule has 4 heteroatoms. The highest BCUT2D eigenvalue weighted by molar-refractivity contribution is 7.13. The van der Waals surface area contributed by atoms with E-state index in [1.165, 1.54) is 10.3 Å². The highest BCUT2D eigenvalue weighted by Gasteiger charge is 2.16. The standard InChI is InChI=1S/C15H23N3S/c1-6-8-18(11(4)7-2)13-9-10(3)15-14(16-13)12(5)17-19-15/h9,11H,6-8H2,1-5H3. The van der Waals surface area contributed by atoms with E-state index in [4.69, 9.17) is 4.98 Å². The second-order valence-electron chi connectivity index (χ2n) is 5.19. The van der Waals surface area contributed by atoms with Gasteiger partial charge in [-0.15, -0.1) is 0 Å². The van der Waals surface area contributed by atoms with E-state index in [2.05, 4.69) is 43.0 Å². The monoisotopic (exact) mass is 277 g/mol. The highest BCUT2D eigenvalue weighted by atomic mass is 32.1. The molecule has 3 nitrogen and oxygen atoms in total. The molecule has 19 heavy (non-hydrogen) atoms. The van der Waals surface area contributed by atoms with Crippen molar-refractivity contribution in [3.05, 3.63) is 17.3 Å². The Labute approximate surface area is 119 Å². The number of hydrogen-bond acceptors (Lipinski definition) is 4. The first-order valence-electron chi connectivity index (χ1n) is 7.08. The van der Waals surface area contributed by atoms with Gasteiger partial charge >= 0.3 is 0 Å². The van der Waals surface area contributed by atoms with E-state index in [1.807, 2.05) is 6.92 Å². The van der Waals surface area contributed by atoms with E-state index in [1.54, 1.807) is 11.5 Å². The Kier molecular flexibility index (Phi) is 4.40. The molecule has 0 saturated carbocycles. The fraction of sp³-hybridized carbons (Fsp3) is 0.600. The molecule has 0 aliphatic heterocycles. The van der Waals surface area contributed by atoms with Crippen molar-refractivity contribution in [1.29, 1.82) is 0 Å². The third-order valence-corrected chi connectivity index (χ3v) is 4.71. The molecule has 0 radical (unpaired) electrons. The van der Waals surface area contributed by atoms with Crippen LogP contribution in [0.1, 0.15) is 44.9 Å². The minimum atomic E-state index is 0.524. The van der Waals surface area contributed by atoms with Crippen LogP contribution in [0.4, 0.5) is 5.82 Å². The Balaban J connectivity index is 2.50. The number of pyridine rings is 1. The molecule has 0 aliphatic carbocycles. The molecule has 0 aliphatic rings. The summed E-state index contributed by atoms with van der Waals surface area (Å²) < 4.78 is 5.65. The predicted octanol–water partition coefficient (Wildman–Crippen LogP) is 4.32. The van der Waals surface area contributed by atoms with Crippen LogP contribution in [-0.4, -0.2) is 21.9 Å². The van der Waals surface area contributed by atoms with Gasteiger partial charge in [0.25, 0.3) is 0 Å². The highest BCUT2D eigenvalue weighted by Crippen LogP contribution is 2.28. The van der Waals surface area contributed by atoms with Crippen molar-refractivity contribution in [2.75, 3.05) is 11.4 Å². The maximum absolute atomic E-state index is 4.86. The fourth-order valence-electron chi connectivity index (χ4n) is 2.33. The summed E-state index contributed by atoms with van der Waals surface area (Å²) >= 11 is 1.56. The predicted molar refractivity (Wildman–Crippen MR) is 84.3 cm³/mol. The summed E-state index contributed by atoms with van der Waals surface area (Å²) in [6.07, 6.45) is 2.28. The summed E-state index contributed by atoms with van der Waals surface area (Å²) in [5, 5.41) is 0. The lowest BCUT2D eigenvalue weighted by molar-refractivity contribution is 0.604. The van der Waals surface area contributed by atoms with Gasteiger partial charge in [0.2, 0.25) is 0 Å². The number of rotatable bonds is 5. The molecule has 0 saturated heterocycles. The molecule has 0 amide bonds. The van der Waals surface area contributed by atoms with E-state index < -0.39 is 0 Å². The van der Waals surface area contributed by atoms with E-state index in [-0.39, 0.29) is 0 Å². The third kappa shape index (κ3) is 2.73. The topological polar surface area (TPSA) is 29.0 Å². The summed E-state index contributed by atoms with van der Waals surface area (Å²) in [5.74, 6) is 1.10. The van der Waals surface area contributed by atoms with Crippen molar-refractivity contribution < 1.29 is 0 Å². The van der Waals surface area contributed by atoms with E-state index in [0.717, 1.165) is 36.4 Å². The molecule has 2 rings (SSSR count). The van der Waals surface area contributed by atoms with Crippen molar-refractivity contribution >= 4 is 27.6 Å². The van der Waals surface area contributed by atoms with E-state index in [0.29, 0.717) is 6.04 Å². The van der Waals surface area contributed by atoms with Gasteiger partial charge in [-0.3, -0.25) is 0 Å². The van der Waals surface area contributed by atoms with Crippen molar-refractivity contribution in [2.45, 2.75) is 53.5 Å².